The molecule has 0 aliphatic heterocycles. The van der Waals surface area contributed by atoms with Crippen molar-refractivity contribution in [2.24, 2.45) is 0 Å². The van der Waals surface area contributed by atoms with Gasteiger partial charge in [0.25, 0.3) is 0 Å². The SMILES string of the molecule is Cc1cc(Sc2nc(C)cc(C)c2C#N)nc(N)n1. The van der Waals surface area contributed by atoms with Gasteiger partial charge < -0.3 is 5.73 Å². The van der Waals surface area contributed by atoms with E-state index in [0.717, 1.165) is 17.0 Å². The lowest BCUT2D eigenvalue weighted by Crippen LogP contribution is -1.99. The first-order valence-electron chi connectivity index (χ1n) is 5.67. The van der Waals surface area contributed by atoms with E-state index in [-0.39, 0.29) is 5.95 Å². The second-order valence-corrected chi connectivity index (χ2v) is 5.19. The van der Waals surface area contributed by atoms with E-state index in [1.54, 1.807) is 0 Å². The molecule has 0 saturated carbocycles. The van der Waals surface area contributed by atoms with E-state index in [1.807, 2.05) is 32.9 Å². The molecule has 2 heterocycles. The molecule has 0 atom stereocenters. The number of hydrogen-bond acceptors (Lipinski definition) is 6. The molecular weight excluding hydrogens is 258 g/mol. The summed E-state index contributed by atoms with van der Waals surface area (Å²) in [6.45, 7) is 5.65. The Labute approximate surface area is 115 Å². The highest BCUT2D eigenvalue weighted by molar-refractivity contribution is 7.99. The highest BCUT2D eigenvalue weighted by Gasteiger charge is 2.11. The standard InChI is InChI=1S/C13H13N5S/c1-7-4-8(2)16-12(10(7)6-14)19-11-5-9(3)17-13(15)18-11/h4-5H,1-3H3,(H2,15,17,18). The van der Waals surface area contributed by atoms with Crippen LogP contribution in [0.1, 0.15) is 22.5 Å². The van der Waals surface area contributed by atoms with Crippen molar-refractivity contribution in [2.75, 3.05) is 5.73 Å². The first-order valence-corrected chi connectivity index (χ1v) is 6.48. The van der Waals surface area contributed by atoms with E-state index >= 15 is 0 Å². The minimum absolute atomic E-state index is 0.227. The van der Waals surface area contributed by atoms with Gasteiger partial charge >= 0.3 is 0 Å². The van der Waals surface area contributed by atoms with E-state index in [4.69, 9.17) is 5.73 Å². The quantitative estimate of drug-likeness (QED) is 0.844. The molecule has 0 unspecified atom stereocenters. The number of nitrogens with zero attached hydrogens (tertiary/aromatic N) is 4. The fourth-order valence-corrected chi connectivity index (χ4v) is 2.79. The average Bonchev–Trinajstić information content (AvgIpc) is 2.26. The molecule has 0 amide bonds. The Morgan fingerprint density at radius 3 is 2.42 bits per heavy atom. The van der Waals surface area contributed by atoms with E-state index in [9.17, 15) is 5.26 Å². The molecule has 0 spiro atoms. The van der Waals surface area contributed by atoms with Gasteiger partial charge in [0.1, 0.15) is 16.1 Å². The Bertz CT molecular complexity index is 655. The molecule has 2 N–H and O–H groups in total. The smallest absolute Gasteiger partial charge is 0.221 e. The molecule has 0 aliphatic rings. The number of hydrogen-bond donors (Lipinski definition) is 1. The molecule has 96 valence electrons. The third kappa shape index (κ3) is 3.01. The number of pyridine rings is 1. The summed E-state index contributed by atoms with van der Waals surface area (Å²) >= 11 is 1.33. The maximum absolute atomic E-state index is 9.22. The van der Waals surface area contributed by atoms with Crippen LogP contribution < -0.4 is 5.73 Å². The normalized spacial score (nSPS) is 10.2. The van der Waals surface area contributed by atoms with Gasteiger partial charge in [0, 0.05) is 11.4 Å². The summed E-state index contributed by atoms with van der Waals surface area (Å²) in [4.78, 5) is 12.6. The highest BCUT2D eigenvalue weighted by Crippen LogP contribution is 2.29. The summed E-state index contributed by atoms with van der Waals surface area (Å²) in [5.74, 6) is 0.227. The van der Waals surface area contributed by atoms with Crippen molar-refractivity contribution in [3.05, 3.63) is 34.6 Å². The van der Waals surface area contributed by atoms with E-state index in [2.05, 4.69) is 21.0 Å². The van der Waals surface area contributed by atoms with Gasteiger partial charge in [-0.2, -0.15) is 5.26 Å². The minimum atomic E-state index is 0.227. The van der Waals surface area contributed by atoms with Gasteiger partial charge in [-0.15, -0.1) is 0 Å². The third-order valence-electron chi connectivity index (χ3n) is 2.47. The highest BCUT2D eigenvalue weighted by atomic mass is 32.2. The summed E-state index contributed by atoms with van der Waals surface area (Å²) in [7, 11) is 0. The van der Waals surface area contributed by atoms with E-state index in [0.29, 0.717) is 15.6 Å². The van der Waals surface area contributed by atoms with E-state index in [1.165, 1.54) is 11.8 Å². The summed E-state index contributed by atoms with van der Waals surface area (Å²) < 4.78 is 0. The Morgan fingerprint density at radius 1 is 1.11 bits per heavy atom. The summed E-state index contributed by atoms with van der Waals surface area (Å²) in [6, 6.07) is 5.89. The van der Waals surface area contributed by atoms with Crippen molar-refractivity contribution in [2.45, 2.75) is 30.8 Å². The van der Waals surface area contributed by atoms with Crippen LogP contribution in [-0.2, 0) is 0 Å². The topological polar surface area (TPSA) is 88.5 Å². The maximum Gasteiger partial charge on any atom is 0.221 e. The number of nitriles is 1. The number of aromatic nitrogens is 3. The zero-order valence-electron chi connectivity index (χ0n) is 10.9. The molecule has 0 saturated heterocycles. The summed E-state index contributed by atoms with van der Waals surface area (Å²) in [5, 5.41) is 10.6. The van der Waals surface area contributed by atoms with Crippen LogP contribution in [0.25, 0.3) is 0 Å². The molecule has 5 nitrogen and oxygen atoms in total. The van der Waals surface area contributed by atoms with E-state index < -0.39 is 0 Å². The van der Waals surface area contributed by atoms with Gasteiger partial charge in [0.2, 0.25) is 5.95 Å². The van der Waals surface area contributed by atoms with Crippen LogP contribution in [0, 0.1) is 32.1 Å². The molecule has 0 aromatic carbocycles. The lowest BCUT2D eigenvalue weighted by Gasteiger charge is -2.07. The van der Waals surface area contributed by atoms with Crippen LogP contribution in [0.3, 0.4) is 0 Å². The van der Waals surface area contributed by atoms with Crippen molar-refractivity contribution < 1.29 is 0 Å². The van der Waals surface area contributed by atoms with Gasteiger partial charge in [-0.1, -0.05) is 0 Å². The summed E-state index contributed by atoms with van der Waals surface area (Å²) in [6.07, 6.45) is 0. The number of anilines is 1. The number of rotatable bonds is 2. The van der Waals surface area contributed by atoms with Crippen LogP contribution in [0.15, 0.2) is 22.2 Å². The second kappa shape index (κ2) is 5.24. The van der Waals surface area contributed by atoms with Crippen LogP contribution in [0.2, 0.25) is 0 Å². The van der Waals surface area contributed by atoms with Gasteiger partial charge in [0.15, 0.2) is 0 Å². The van der Waals surface area contributed by atoms with Gasteiger partial charge in [-0.25, -0.2) is 15.0 Å². The van der Waals surface area contributed by atoms with Gasteiger partial charge in [-0.3, -0.25) is 0 Å². The Balaban J connectivity index is 2.46. The first kappa shape index (κ1) is 13.3. The first-order chi connectivity index (χ1) is 8.99. The number of aryl methyl sites for hydroxylation is 3. The third-order valence-corrected chi connectivity index (χ3v) is 3.38. The Morgan fingerprint density at radius 2 is 1.79 bits per heavy atom. The van der Waals surface area contributed by atoms with Crippen LogP contribution in [-0.4, -0.2) is 15.0 Å². The van der Waals surface area contributed by atoms with Crippen LogP contribution in [0.4, 0.5) is 5.95 Å². The van der Waals surface area contributed by atoms with Gasteiger partial charge in [0.05, 0.1) is 5.56 Å². The van der Waals surface area contributed by atoms with Gasteiger partial charge in [-0.05, 0) is 50.2 Å². The largest absolute Gasteiger partial charge is 0.368 e. The second-order valence-electron chi connectivity index (χ2n) is 4.18. The predicted molar refractivity (Wildman–Crippen MR) is 73.7 cm³/mol. The zero-order chi connectivity index (χ0) is 14.0. The van der Waals surface area contributed by atoms with Crippen molar-refractivity contribution in [1.82, 2.24) is 15.0 Å². The molecule has 0 aliphatic carbocycles. The lowest BCUT2D eigenvalue weighted by molar-refractivity contribution is 0.998. The van der Waals surface area contributed by atoms with Crippen molar-refractivity contribution in [1.29, 1.82) is 5.26 Å². The van der Waals surface area contributed by atoms with Crippen LogP contribution >= 0.6 is 11.8 Å². The number of nitrogens with two attached hydrogens (primary N) is 1. The molecule has 0 bridgehead atoms. The molecule has 0 radical (unpaired) electrons. The Kier molecular flexibility index (Phi) is 3.67. The zero-order valence-corrected chi connectivity index (χ0v) is 11.7. The van der Waals surface area contributed by atoms with Crippen molar-refractivity contribution in [3.63, 3.8) is 0 Å². The molecule has 2 rings (SSSR count). The molecule has 6 heteroatoms. The molecule has 0 fully saturated rings. The molecule has 2 aromatic rings. The molecule has 2 aromatic heterocycles. The Hall–Kier alpha value is -2.13. The predicted octanol–water partition coefficient (Wildman–Crippen LogP) is 2.40. The lowest BCUT2D eigenvalue weighted by atomic mass is 10.1. The minimum Gasteiger partial charge on any atom is -0.368 e. The van der Waals surface area contributed by atoms with Crippen molar-refractivity contribution in [3.8, 4) is 6.07 Å². The fraction of sp³-hybridized carbons (Fsp3) is 0.231. The van der Waals surface area contributed by atoms with Crippen LogP contribution in [0.5, 0.6) is 0 Å². The molecular formula is C13H13N5S. The monoisotopic (exact) mass is 271 g/mol. The average molecular weight is 271 g/mol. The maximum atomic E-state index is 9.22. The fourth-order valence-electron chi connectivity index (χ4n) is 1.73. The van der Waals surface area contributed by atoms with Crippen molar-refractivity contribution >= 4 is 17.7 Å². The number of nitrogen functional groups attached to an aromatic ring is 1. The molecule has 19 heavy (non-hydrogen) atoms. The summed E-state index contributed by atoms with van der Waals surface area (Å²) in [5.41, 5.74) is 8.77.